The van der Waals surface area contributed by atoms with Crippen molar-refractivity contribution in [3.8, 4) is 5.69 Å². The summed E-state index contributed by atoms with van der Waals surface area (Å²) in [5, 5.41) is 8.24. The molecule has 26 heavy (non-hydrogen) atoms. The van der Waals surface area contributed by atoms with E-state index >= 15 is 0 Å². The first-order valence-corrected chi connectivity index (χ1v) is 10.3. The zero-order chi connectivity index (χ0) is 19.1. The molecule has 0 radical (unpaired) electrons. The molecule has 2 aromatic rings. The number of sulfonamides is 1. The number of nitrogens with zero attached hydrogens (tertiary/aromatic N) is 5. The quantitative estimate of drug-likeness (QED) is 0.793. The maximum absolute atomic E-state index is 12.8. The highest BCUT2D eigenvalue weighted by Crippen LogP contribution is 2.18. The Morgan fingerprint density at radius 2 is 1.58 bits per heavy atom. The maximum Gasteiger partial charge on any atom is 0.276 e. The third-order valence-corrected chi connectivity index (χ3v) is 5.85. The van der Waals surface area contributed by atoms with Gasteiger partial charge in [0.2, 0.25) is 10.0 Å². The molecular formula is C17H23N5O3S. The lowest BCUT2D eigenvalue weighted by molar-refractivity contribution is 0.0691. The van der Waals surface area contributed by atoms with Crippen molar-refractivity contribution < 1.29 is 13.2 Å². The minimum atomic E-state index is -3.22. The van der Waals surface area contributed by atoms with Crippen molar-refractivity contribution in [2.75, 3.05) is 32.4 Å². The van der Waals surface area contributed by atoms with Crippen molar-refractivity contribution in [1.29, 1.82) is 0 Å². The number of carbonyl (C=O) groups excluding carboxylic acids is 1. The van der Waals surface area contributed by atoms with Crippen LogP contribution in [0.5, 0.6) is 0 Å². The number of aromatic nitrogens is 3. The van der Waals surface area contributed by atoms with E-state index in [1.165, 1.54) is 10.6 Å². The first kappa shape index (κ1) is 18.5. The fourth-order valence-corrected chi connectivity index (χ4v) is 4.04. The van der Waals surface area contributed by atoms with E-state index < -0.39 is 10.0 Å². The number of aryl methyl sites for hydroxylation is 2. The van der Waals surface area contributed by atoms with E-state index in [-0.39, 0.29) is 5.91 Å². The van der Waals surface area contributed by atoms with Crippen molar-refractivity contribution in [3.05, 3.63) is 40.7 Å². The molecule has 140 valence electrons. The summed E-state index contributed by atoms with van der Waals surface area (Å²) in [6.07, 6.45) is 1.18. The third kappa shape index (κ3) is 3.63. The number of amides is 1. The molecule has 0 unspecified atom stereocenters. The van der Waals surface area contributed by atoms with E-state index in [0.717, 1.165) is 16.8 Å². The Hall–Kier alpha value is -2.26. The van der Waals surface area contributed by atoms with Crippen molar-refractivity contribution in [2.45, 2.75) is 20.8 Å². The summed E-state index contributed by atoms with van der Waals surface area (Å²) in [6, 6.07) is 6.06. The summed E-state index contributed by atoms with van der Waals surface area (Å²) < 4.78 is 26.2. The van der Waals surface area contributed by atoms with Crippen LogP contribution in [0.3, 0.4) is 0 Å². The van der Waals surface area contributed by atoms with Gasteiger partial charge >= 0.3 is 0 Å². The molecule has 0 aliphatic carbocycles. The summed E-state index contributed by atoms with van der Waals surface area (Å²) in [5.74, 6) is -0.216. The number of carbonyl (C=O) groups is 1. The summed E-state index contributed by atoms with van der Waals surface area (Å²) in [4.78, 5) is 14.4. The van der Waals surface area contributed by atoms with Crippen molar-refractivity contribution in [1.82, 2.24) is 24.2 Å². The molecule has 0 atom stereocenters. The van der Waals surface area contributed by atoms with Crippen molar-refractivity contribution in [3.63, 3.8) is 0 Å². The zero-order valence-electron chi connectivity index (χ0n) is 15.4. The van der Waals surface area contributed by atoms with Crippen LogP contribution in [0.4, 0.5) is 0 Å². The normalized spacial score (nSPS) is 16.1. The Morgan fingerprint density at radius 3 is 2.12 bits per heavy atom. The molecule has 9 heteroatoms. The molecule has 0 saturated carbocycles. The van der Waals surface area contributed by atoms with Gasteiger partial charge < -0.3 is 4.90 Å². The van der Waals surface area contributed by atoms with Crippen LogP contribution in [0, 0.1) is 20.8 Å². The molecular weight excluding hydrogens is 354 g/mol. The first-order valence-electron chi connectivity index (χ1n) is 8.42. The second-order valence-corrected chi connectivity index (χ2v) is 8.72. The predicted molar refractivity (Wildman–Crippen MR) is 97.9 cm³/mol. The van der Waals surface area contributed by atoms with Crippen LogP contribution in [-0.4, -0.2) is 71.0 Å². The molecule has 3 rings (SSSR count). The lowest BCUT2D eigenvalue weighted by Gasteiger charge is -2.32. The van der Waals surface area contributed by atoms with Crippen LogP contribution in [-0.2, 0) is 10.0 Å². The molecule has 1 saturated heterocycles. The van der Waals surface area contributed by atoms with E-state index in [1.807, 2.05) is 32.9 Å². The molecule has 1 aliphatic rings. The lowest BCUT2D eigenvalue weighted by atomic mass is 10.1. The molecule has 2 heterocycles. The Labute approximate surface area is 153 Å². The average molecular weight is 377 g/mol. The molecule has 1 aromatic carbocycles. The Kier molecular flexibility index (Phi) is 4.85. The maximum atomic E-state index is 12.8. The van der Waals surface area contributed by atoms with E-state index in [1.54, 1.807) is 9.58 Å². The van der Waals surface area contributed by atoms with E-state index in [2.05, 4.69) is 16.4 Å². The topological polar surface area (TPSA) is 88.4 Å². The van der Waals surface area contributed by atoms with Crippen LogP contribution in [0.2, 0.25) is 0 Å². The van der Waals surface area contributed by atoms with Gasteiger partial charge in [-0.05, 0) is 44.0 Å². The zero-order valence-corrected chi connectivity index (χ0v) is 16.2. The largest absolute Gasteiger partial charge is 0.335 e. The number of hydrogen-bond donors (Lipinski definition) is 0. The number of benzene rings is 1. The lowest BCUT2D eigenvalue weighted by Crippen LogP contribution is -2.50. The van der Waals surface area contributed by atoms with Gasteiger partial charge in [0.15, 0.2) is 5.69 Å². The van der Waals surface area contributed by atoms with Crippen LogP contribution < -0.4 is 0 Å². The number of rotatable bonds is 3. The highest BCUT2D eigenvalue weighted by atomic mass is 32.2. The van der Waals surface area contributed by atoms with Gasteiger partial charge in [-0.15, -0.1) is 5.10 Å². The fourth-order valence-electron chi connectivity index (χ4n) is 3.22. The van der Waals surface area contributed by atoms with Crippen LogP contribution >= 0.6 is 0 Å². The molecule has 0 N–H and O–H groups in total. The molecule has 1 aromatic heterocycles. The Bertz CT molecular complexity index is 923. The van der Waals surface area contributed by atoms with Gasteiger partial charge in [-0.1, -0.05) is 11.3 Å². The number of hydrogen-bond acceptors (Lipinski definition) is 5. The smallest absolute Gasteiger partial charge is 0.276 e. The minimum absolute atomic E-state index is 0.216. The van der Waals surface area contributed by atoms with E-state index in [0.29, 0.717) is 37.6 Å². The SMILES string of the molecule is Cc1cc(C)cc(-n2nnc(C(=O)N3CCN(S(C)(=O)=O)CC3)c2C)c1. The monoisotopic (exact) mass is 377 g/mol. The molecule has 1 amide bonds. The third-order valence-electron chi connectivity index (χ3n) is 4.54. The van der Waals surface area contributed by atoms with Gasteiger partial charge in [-0.2, -0.15) is 4.31 Å². The van der Waals surface area contributed by atoms with Gasteiger partial charge in [0, 0.05) is 26.2 Å². The second-order valence-electron chi connectivity index (χ2n) is 6.74. The predicted octanol–water partition coefficient (Wildman–Crippen LogP) is 0.910. The standard InChI is InChI=1S/C17H23N5O3S/c1-12-9-13(2)11-15(10-12)22-14(3)16(18-19-22)17(23)20-5-7-21(8-6-20)26(4,24)25/h9-11H,5-8H2,1-4H3. The summed E-state index contributed by atoms with van der Waals surface area (Å²) in [6.45, 7) is 7.14. The Morgan fingerprint density at radius 1 is 1.00 bits per heavy atom. The molecule has 0 spiro atoms. The number of piperazine rings is 1. The van der Waals surface area contributed by atoms with Gasteiger partial charge in [-0.25, -0.2) is 13.1 Å². The van der Waals surface area contributed by atoms with Crippen LogP contribution in [0.1, 0.15) is 27.3 Å². The Balaban J connectivity index is 1.81. The molecule has 0 bridgehead atoms. The molecule has 8 nitrogen and oxygen atoms in total. The van der Waals surface area contributed by atoms with Gasteiger partial charge in [-0.3, -0.25) is 4.79 Å². The van der Waals surface area contributed by atoms with Gasteiger partial charge in [0.1, 0.15) is 0 Å². The summed E-state index contributed by atoms with van der Waals surface area (Å²) in [5.41, 5.74) is 4.07. The van der Waals surface area contributed by atoms with Crippen molar-refractivity contribution in [2.24, 2.45) is 0 Å². The second kappa shape index (κ2) is 6.81. The van der Waals surface area contributed by atoms with Crippen LogP contribution in [0.25, 0.3) is 5.69 Å². The highest BCUT2D eigenvalue weighted by Gasteiger charge is 2.29. The van der Waals surface area contributed by atoms with Gasteiger partial charge in [0.25, 0.3) is 5.91 Å². The highest BCUT2D eigenvalue weighted by molar-refractivity contribution is 7.88. The summed E-state index contributed by atoms with van der Waals surface area (Å²) >= 11 is 0. The van der Waals surface area contributed by atoms with E-state index in [4.69, 9.17) is 0 Å². The summed E-state index contributed by atoms with van der Waals surface area (Å²) in [7, 11) is -3.22. The van der Waals surface area contributed by atoms with Gasteiger partial charge in [0.05, 0.1) is 17.6 Å². The fraction of sp³-hybridized carbons (Fsp3) is 0.471. The minimum Gasteiger partial charge on any atom is -0.335 e. The van der Waals surface area contributed by atoms with Crippen molar-refractivity contribution >= 4 is 15.9 Å². The van der Waals surface area contributed by atoms with E-state index in [9.17, 15) is 13.2 Å². The molecule has 1 aliphatic heterocycles. The molecule has 1 fully saturated rings. The van der Waals surface area contributed by atoms with Crippen LogP contribution in [0.15, 0.2) is 18.2 Å². The first-order chi connectivity index (χ1) is 12.2. The average Bonchev–Trinajstić information content (AvgIpc) is 2.94.